The standard InChI is InChI=1S/C29H20O5/c1-19-6-5-9-22(16-19)29(31)34-24-14-15-25-26(17-24)32-18-27(28(25)30)33-23-12-10-21(11-13-23)20-7-3-2-4-8-20/h2-18H,1H3. The van der Waals surface area contributed by atoms with Gasteiger partial charge in [-0.1, -0.05) is 60.2 Å². The Kier molecular flexibility index (Phi) is 5.67. The number of rotatable bonds is 5. The molecule has 0 aliphatic rings. The zero-order valence-corrected chi connectivity index (χ0v) is 18.4. The van der Waals surface area contributed by atoms with Crippen molar-refractivity contribution in [3.05, 3.63) is 125 Å². The van der Waals surface area contributed by atoms with Gasteiger partial charge in [-0.25, -0.2) is 4.79 Å². The quantitative estimate of drug-likeness (QED) is 0.219. The first-order valence-electron chi connectivity index (χ1n) is 10.7. The summed E-state index contributed by atoms with van der Waals surface area (Å²) in [5.41, 5.74) is 3.53. The molecule has 0 aliphatic heterocycles. The van der Waals surface area contributed by atoms with Crippen molar-refractivity contribution in [2.75, 3.05) is 0 Å². The first kappa shape index (κ1) is 21.2. The second-order valence-corrected chi connectivity index (χ2v) is 7.84. The number of carbonyl (C=O) groups excluding carboxylic acids is 1. The Morgan fingerprint density at radius 1 is 0.765 bits per heavy atom. The Morgan fingerprint density at radius 2 is 1.50 bits per heavy atom. The summed E-state index contributed by atoms with van der Waals surface area (Å²) in [5.74, 6) is 0.399. The van der Waals surface area contributed by atoms with Gasteiger partial charge in [0.15, 0.2) is 0 Å². The SMILES string of the molecule is Cc1cccc(C(=O)Oc2ccc3c(=O)c(Oc4ccc(-c5ccccc5)cc4)coc3c2)c1. The van der Waals surface area contributed by atoms with Crippen LogP contribution in [0.5, 0.6) is 17.2 Å². The maximum absolute atomic E-state index is 12.9. The molecule has 5 heteroatoms. The number of carbonyl (C=O) groups is 1. The fourth-order valence-electron chi connectivity index (χ4n) is 3.64. The molecule has 5 aromatic rings. The van der Waals surface area contributed by atoms with Gasteiger partial charge in [-0.15, -0.1) is 0 Å². The van der Waals surface area contributed by atoms with Gasteiger partial charge < -0.3 is 13.9 Å². The second-order valence-electron chi connectivity index (χ2n) is 7.84. The molecule has 5 nitrogen and oxygen atoms in total. The zero-order valence-electron chi connectivity index (χ0n) is 18.4. The van der Waals surface area contributed by atoms with Gasteiger partial charge in [0.05, 0.1) is 10.9 Å². The molecule has 1 aromatic heterocycles. The number of hydrogen-bond donors (Lipinski definition) is 0. The highest BCUT2D eigenvalue weighted by atomic mass is 16.5. The highest BCUT2D eigenvalue weighted by molar-refractivity contribution is 5.91. The van der Waals surface area contributed by atoms with Crippen LogP contribution in [0.3, 0.4) is 0 Å². The van der Waals surface area contributed by atoms with Crippen LogP contribution in [-0.2, 0) is 0 Å². The van der Waals surface area contributed by atoms with Crippen molar-refractivity contribution in [2.24, 2.45) is 0 Å². The van der Waals surface area contributed by atoms with Gasteiger partial charge in [0.1, 0.15) is 23.3 Å². The highest BCUT2D eigenvalue weighted by Gasteiger charge is 2.13. The molecule has 0 radical (unpaired) electrons. The van der Waals surface area contributed by atoms with Crippen LogP contribution >= 0.6 is 0 Å². The van der Waals surface area contributed by atoms with E-state index in [9.17, 15) is 9.59 Å². The van der Waals surface area contributed by atoms with Crippen LogP contribution < -0.4 is 14.9 Å². The minimum atomic E-state index is -0.482. The molecule has 0 unspecified atom stereocenters. The Balaban J connectivity index is 1.35. The van der Waals surface area contributed by atoms with E-state index in [4.69, 9.17) is 13.9 Å². The highest BCUT2D eigenvalue weighted by Crippen LogP contribution is 2.27. The Morgan fingerprint density at radius 3 is 2.26 bits per heavy atom. The number of aryl methyl sites for hydroxylation is 1. The lowest BCUT2D eigenvalue weighted by molar-refractivity contribution is 0.0735. The summed E-state index contributed by atoms with van der Waals surface area (Å²) in [7, 11) is 0. The number of benzene rings is 4. The molecule has 0 aliphatic carbocycles. The van der Waals surface area contributed by atoms with E-state index in [-0.39, 0.29) is 16.9 Å². The van der Waals surface area contributed by atoms with Gasteiger partial charge in [0, 0.05) is 6.07 Å². The number of hydrogen-bond acceptors (Lipinski definition) is 5. The average Bonchev–Trinajstić information content (AvgIpc) is 2.87. The molecule has 0 amide bonds. The van der Waals surface area contributed by atoms with Gasteiger partial charge in [0.25, 0.3) is 0 Å². The Hall–Kier alpha value is -4.64. The van der Waals surface area contributed by atoms with Crippen LogP contribution in [0.2, 0.25) is 0 Å². The molecule has 0 saturated heterocycles. The fourth-order valence-corrected chi connectivity index (χ4v) is 3.64. The molecule has 5 rings (SSSR count). The van der Waals surface area contributed by atoms with Crippen molar-refractivity contribution < 1.29 is 18.7 Å². The number of fused-ring (bicyclic) bond motifs is 1. The minimum Gasteiger partial charge on any atom is -0.460 e. The smallest absolute Gasteiger partial charge is 0.343 e. The summed E-state index contributed by atoms with van der Waals surface area (Å²) in [5, 5.41) is 0.328. The number of ether oxygens (including phenoxy) is 2. The fraction of sp³-hybridized carbons (Fsp3) is 0.0345. The molecule has 0 atom stereocenters. The topological polar surface area (TPSA) is 65.7 Å². The molecule has 4 aromatic carbocycles. The van der Waals surface area contributed by atoms with Crippen molar-refractivity contribution >= 4 is 16.9 Å². The summed E-state index contributed by atoms with van der Waals surface area (Å²) in [4.78, 5) is 25.3. The Labute approximate surface area is 195 Å². The summed E-state index contributed by atoms with van der Waals surface area (Å²) in [6.07, 6.45) is 1.27. The van der Waals surface area contributed by atoms with Gasteiger partial charge in [0.2, 0.25) is 11.2 Å². The second kappa shape index (κ2) is 9.08. The lowest BCUT2D eigenvalue weighted by Gasteiger charge is -2.08. The molecule has 0 bridgehead atoms. The molecule has 0 saturated carbocycles. The Bertz CT molecular complexity index is 1530. The maximum atomic E-state index is 12.9. The molecule has 0 fully saturated rings. The summed E-state index contributed by atoms with van der Waals surface area (Å²) in [6.45, 7) is 1.90. The molecule has 166 valence electrons. The minimum absolute atomic E-state index is 0.0736. The van der Waals surface area contributed by atoms with Crippen molar-refractivity contribution in [3.8, 4) is 28.4 Å². The molecule has 1 heterocycles. The van der Waals surface area contributed by atoms with Crippen LogP contribution in [0, 0.1) is 6.92 Å². The first-order chi connectivity index (χ1) is 16.6. The third-order valence-corrected chi connectivity index (χ3v) is 5.37. The van der Waals surface area contributed by atoms with E-state index in [1.54, 1.807) is 42.5 Å². The third kappa shape index (κ3) is 4.45. The van der Waals surface area contributed by atoms with E-state index in [0.29, 0.717) is 22.3 Å². The van der Waals surface area contributed by atoms with E-state index in [0.717, 1.165) is 16.7 Å². The van der Waals surface area contributed by atoms with Crippen LogP contribution in [-0.4, -0.2) is 5.97 Å². The van der Waals surface area contributed by atoms with Gasteiger partial charge in [-0.05, 0) is 54.4 Å². The van der Waals surface area contributed by atoms with Crippen molar-refractivity contribution in [3.63, 3.8) is 0 Å². The summed E-state index contributed by atoms with van der Waals surface area (Å²) in [6, 6.07) is 29.2. The first-order valence-corrected chi connectivity index (χ1v) is 10.7. The predicted molar refractivity (Wildman–Crippen MR) is 131 cm³/mol. The van der Waals surface area contributed by atoms with Crippen LogP contribution in [0.15, 0.2) is 113 Å². The molecular weight excluding hydrogens is 428 g/mol. The number of esters is 1. The molecule has 0 N–H and O–H groups in total. The van der Waals surface area contributed by atoms with Gasteiger partial charge in [-0.3, -0.25) is 4.79 Å². The van der Waals surface area contributed by atoms with E-state index in [2.05, 4.69) is 0 Å². The van der Waals surface area contributed by atoms with E-state index in [1.807, 2.05) is 55.5 Å². The van der Waals surface area contributed by atoms with E-state index >= 15 is 0 Å². The third-order valence-electron chi connectivity index (χ3n) is 5.37. The molecular formula is C29H20O5. The van der Waals surface area contributed by atoms with E-state index < -0.39 is 5.97 Å². The summed E-state index contributed by atoms with van der Waals surface area (Å²) >= 11 is 0. The lowest BCUT2D eigenvalue weighted by Crippen LogP contribution is -2.09. The molecule has 0 spiro atoms. The van der Waals surface area contributed by atoms with Crippen LogP contribution in [0.25, 0.3) is 22.1 Å². The van der Waals surface area contributed by atoms with Gasteiger partial charge >= 0.3 is 5.97 Å². The van der Waals surface area contributed by atoms with Gasteiger partial charge in [-0.2, -0.15) is 0 Å². The van der Waals surface area contributed by atoms with Crippen molar-refractivity contribution in [2.45, 2.75) is 6.92 Å². The molecule has 34 heavy (non-hydrogen) atoms. The van der Waals surface area contributed by atoms with Crippen molar-refractivity contribution in [1.82, 2.24) is 0 Å². The maximum Gasteiger partial charge on any atom is 0.343 e. The van der Waals surface area contributed by atoms with Crippen LogP contribution in [0.1, 0.15) is 15.9 Å². The average molecular weight is 448 g/mol. The summed E-state index contributed by atoms with van der Waals surface area (Å²) < 4.78 is 16.8. The van der Waals surface area contributed by atoms with Crippen LogP contribution in [0.4, 0.5) is 0 Å². The lowest BCUT2D eigenvalue weighted by atomic mass is 10.1. The largest absolute Gasteiger partial charge is 0.460 e. The van der Waals surface area contributed by atoms with E-state index in [1.165, 1.54) is 12.3 Å². The predicted octanol–water partition coefficient (Wildman–Crippen LogP) is 6.78. The zero-order chi connectivity index (χ0) is 23.5. The normalized spacial score (nSPS) is 10.7. The van der Waals surface area contributed by atoms with Crippen molar-refractivity contribution in [1.29, 1.82) is 0 Å². The monoisotopic (exact) mass is 448 g/mol.